The monoisotopic (exact) mass is 234 g/mol. The molecule has 0 amide bonds. The first-order valence-corrected chi connectivity index (χ1v) is 5.59. The number of allylic oxidation sites excluding steroid dienone is 1. The van der Waals surface area contributed by atoms with E-state index in [1.807, 2.05) is 6.08 Å². The summed E-state index contributed by atoms with van der Waals surface area (Å²) in [4.78, 5) is 11.9. The van der Waals surface area contributed by atoms with Crippen LogP contribution in [0.1, 0.15) is 29.6 Å². The number of unbranched alkanes of at least 4 members (excludes halogenated alkanes) is 1. The Morgan fingerprint density at radius 3 is 2.59 bits per heavy atom. The van der Waals surface area contributed by atoms with E-state index in [0.717, 1.165) is 12.8 Å². The van der Waals surface area contributed by atoms with Crippen molar-refractivity contribution in [1.29, 1.82) is 0 Å². The molecular weight excluding hydrogens is 216 g/mol. The number of hydrogen-bond acceptors (Lipinski definition) is 3. The van der Waals surface area contributed by atoms with Crippen molar-refractivity contribution < 1.29 is 14.3 Å². The summed E-state index contributed by atoms with van der Waals surface area (Å²) in [5.74, 6) is 1.34. The van der Waals surface area contributed by atoms with E-state index in [2.05, 4.69) is 6.58 Å². The molecule has 0 spiro atoms. The topological polar surface area (TPSA) is 35.5 Å². The van der Waals surface area contributed by atoms with Gasteiger partial charge in [-0.3, -0.25) is 4.79 Å². The maximum absolute atomic E-state index is 11.9. The minimum Gasteiger partial charge on any atom is -0.493 e. The number of methoxy groups -OCH3 is 2. The Balaban J connectivity index is 2.77. The van der Waals surface area contributed by atoms with Gasteiger partial charge in [-0.05, 0) is 31.0 Å². The predicted molar refractivity (Wildman–Crippen MR) is 67.9 cm³/mol. The van der Waals surface area contributed by atoms with Crippen LogP contribution >= 0.6 is 0 Å². The van der Waals surface area contributed by atoms with E-state index in [9.17, 15) is 4.79 Å². The van der Waals surface area contributed by atoms with Crippen LogP contribution in [0.25, 0.3) is 0 Å². The summed E-state index contributed by atoms with van der Waals surface area (Å²) in [6.45, 7) is 3.63. The summed E-state index contributed by atoms with van der Waals surface area (Å²) < 4.78 is 10.3. The van der Waals surface area contributed by atoms with Gasteiger partial charge in [-0.25, -0.2) is 0 Å². The van der Waals surface area contributed by atoms with Crippen molar-refractivity contribution in [2.45, 2.75) is 19.3 Å². The van der Waals surface area contributed by atoms with E-state index in [1.165, 1.54) is 0 Å². The molecule has 0 aliphatic rings. The zero-order valence-corrected chi connectivity index (χ0v) is 10.4. The average Bonchev–Trinajstić information content (AvgIpc) is 2.38. The molecule has 0 unspecified atom stereocenters. The van der Waals surface area contributed by atoms with E-state index in [1.54, 1.807) is 32.4 Å². The SMILES string of the molecule is C=CCCCC(=O)c1ccc(OC)c(OC)c1. The Labute approximate surface area is 102 Å². The Hall–Kier alpha value is -1.77. The van der Waals surface area contributed by atoms with Crippen molar-refractivity contribution in [2.24, 2.45) is 0 Å². The summed E-state index contributed by atoms with van der Waals surface area (Å²) in [5.41, 5.74) is 0.659. The first kappa shape index (κ1) is 13.3. The van der Waals surface area contributed by atoms with E-state index >= 15 is 0 Å². The smallest absolute Gasteiger partial charge is 0.163 e. The maximum atomic E-state index is 11.9. The fourth-order valence-electron chi connectivity index (χ4n) is 1.56. The maximum Gasteiger partial charge on any atom is 0.163 e. The van der Waals surface area contributed by atoms with E-state index in [0.29, 0.717) is 23.5 Å². The van der Waals surface area contributed by atoms with E-state index in [-0.39, 0.29) is 5.78 Å². The lowest BCUT2D eigenvalue weighted by Gasteiger charge is -2.08. The van der Waals surface area contributed by atoms with Crippen LogP contribution in [0.15, 0.2) is 30.9 Å². The normalized spacial score (nSPS) is 9.76. The van der Waals surface area contributed by atoms with Crippen molar-refractivity contribution in [3.8, 4) is 11.5 Å². The number of hydrogen-bond donors (Lipinski definition) is 0. The second-order valence-corrected chi connectivity index (χ2v) is 3.67. The summed E-state index contributed by atoms with van der Waals surface area (Å²) in [6, 6.07) is 5.23. The molecule has 0 atom stereocenters. The molecule has 17 heavy (non-hydrogen) atoms. The molecule has 0 saturated heterocycles. The molecular formula is C14H18O3. The number of carbonyl (C=O) groups excluding carboxylic acids is 1. The Morgan fingerprint density at radius 1 is 1.29 bits per heavy atom. The molecule has 1 rings (SSSR count). The molecule has 0 bridgehead atoms. The van der Waals surface area contributed by atoms with Gasteiger partial charge in [0, 0.05) is 12.0 Å². The first-order valence-electron chi connectivity index (χ1n) is 5.59. The van der Waals surface area contributed by atoms with Crippen LogP contribution < -0.4 is 9.47 Å². The largest absolute Gasteiger partial charge is 0.493 e. The highest BCUT2D eigenvalue weighted by molar-refractivity contribution is 5.96. The van der Waals surface area contributed by atoms with Crippen molar-refractivity contribution in [2.75, 3.05) is 14.2 Å². The summed E-state index contributed by atoms with van der Waals surface area (Å²) >= 11 is 0. The minimum atomic E-state index is 0.118. The van der Waals surface area contributed by atoms with Gasteiger partial charge >= 0.3 is 0 Å². The van der Waals surface area contributed by atoms with Gasteiger partial charge in [0.1, 0.15) is 0 Å². The number of benzene rings is 1. The van der Waals surface area contributed by atoms with Crippen LogP contribution in [0.2, 0.25) is 0 Å². The number of carbonyl (C=O) groups is 1. The molecule has 1 aromatic carbocycles. The Morgan fingerprint density at radius 2 is 2.00 bits per heavy atom. The van der Waals surface area contributed by atoms with Crippen LogP contribution in [0.5, 0.6) is 11.5 Å². The molecule has 0 aliphatic heterocycles. The highest BCUT2D eigenvalue weighted by atomic mass is 16.5. The fraction of sp³-hybridized carbons (Fsp3) is 0.357. The van der Waals surface area contributed by atoms with Gasteiger partial charge in [0.2, 0.25) is 0 Å². The summed E-state index contributed by atoms with van der Waals surface area (Å²) in [5, 5.41) is 0. The van der Waals surface area contributed by atoms with Gasteiger partial charge < -0.3 is 9.47 Å². The lowest BCUT2D eigenvalue weighted by atomic mass is 10.0. The molecule has 0 aromatic heterocycles. The van der Waals surface area contributed by atoms with Crippen molar-refractivity contribution in [3.05, 3.63) is 36.4 Å². The number of Topliss-reactive ketones (excluding diaryl/α,β-unsaturated/α-hetero) is 1. The van der Waals surface area contributed by atoms with Crippen LogP contribution in [-0.2, 0) is 0 Å². The lowest BCUT2D eigenvalue weighted by Crippen LogP contribution is -2.00. The Bertz CT molecular complexity index is 396. The quantitative estimate of drug-likeness (QED) is 0.413. The van der Waals surface area contributed by atoms with Crippen molar-refractivity contribution in [1.82, 2.24) is 0 Å². The van der Waals surface area contributed by atoms with Gasteiger partial charge in [-0.15, -0.1) is 6.58 Å². The van der Waals surface area contributed by atoms with Gasteiger partial charge in [0.25, 0.3) is 0 Å². The molecule has 92 valence electrons. The van der Waals surface area contributed by atoms with E-state index < -0.39 is 0 Å². The van der Waals surface area contributed by atoms with Gasteiger partial charge in [-0.1, -0.05) is 6.08 Å². The number of ketones is 1. The zero-order chi connectivity index (χ0) is 12.7. The molecule has 3 heteroatoms. The van der Waals surface area contributed by atoms with Gasteiger partial charge in [0.15, 0.2) is 17.3 Å². The molecule has 0 N–H and O–H groups in total. The number of ether oxygens (including phenoxy) is 2. The molecule has 0 fully saturated rings. The van der Waals surface area contributed by atoms with Crippen LogP contribution in [0.3, 0.4) is 0 Å². The van der Waals surface area contributed by atoms with Gasteiger partial charge in [0.05, 0.1) is 14.2 Å². The van der Waals surface area contributed by atoms with Crippen molar-refractivity contribution in [3.63, 3.8) is 0 Å². The highest BCUT2D eigenvalue weighted by Gasteiger charge is 2.10. The molecule has 0 radical (unpaired) electrons. The summed E-state index contributed by atoms with van der Waals surface area (Å²) in [6.07, 6.45) is 4.04. The van der Waals surface area contributed by atoms with E-state index in [4.69, 9.17) is 9.47 Å². The molecule has 0 heterocycles. The standard InChI is InChI=1S/C14H18O3/c1-4-5-6-7-12(15)11-8-9-13(16-2)14(10-11)17-3/h4,8-10H,1,5-7H2,2-3H3. The highest BCUT2D eigenvalue weighted by Crippen LogP contribution is 2.28. The summed E-state index contributed by atoms with van der Waals surface area (Å²) in [7, 11) is 3.13. The van der Waals surface area contributed by atoms with Crippen LogP contribution in [-0.4, -0.2) is 20.0 Å². The fourth-order valence-corrected chi connectivity index (χ4v) is 1.56. The first-order chi connectivity index (χ1) is 8.22. The third-order valence-electron chi connectivity index (χ3n) is 2.52. The third kappa shape index (κ3) is 3.63. The lowest BCUT2D eigenvalue weighted by molar-refractivity contribution is 0.0980. The van der Waals surface area contributed by atoms with Gasteiger partial charge in [-0.2, -0.15) is 0 Å². The molecule has 0 aliphatic carbocycles. The predicted octanol–water partition coefficient (Wildman–Crippen LogP) is 3.24. The minimum absolute atomic E-state index is 0.118. The molecule has 3 nitrogen and oxygen atoms in total. The average molecular weight is 234 g/mol. The van der Waals surface area contributed by atoms with Crippen LogP contribution in [0.4, 0.5) is 0 Å². The third-order valence-corrected chi connectivity index (χ3v) is 2.52. The molecule has 0 saturated carbocycles. The zero-order valence-electron chi connectivity index (χ0n) is 10.4. The molecule has 1 aromatic rings. The second-order valence-electron chi connectivity index (χ2n) is 3.67. The van der Waals surface area contributed by atoms with Crippen LogP contribution in [0, 0.1) is 0 Å². The number of rotatable bonds is 7. The Kier molecular flexibility index (Phi) is 5.27. The van der Waals surface area contributed by atoms with Crippen molar-refractivity contribution >= 4 is 5.78 Å². The second kappa shape index (κ2) is 6.74.